The zero-order valence-electron chi connectivity index (χ0n) is 12.2. The number of halogens is 1. The number of phenols is 1. The summed E-state index contributed by atoms with van der Waals surface area (Å²) in [6.45, 7) is 1.74. The Hall–Kier alpha value is -2.40. The molecule has 5 heteroatoms. The summed E-state index contributed by atoms with van der Waals surface area (Å²) in [5, 5.41) is 22.4. The van der Waals surface area contributed by atoms with E-state index in [1.165, 1.54) is 0 Å². The number of hydrogen-bond donors (Lipinski definition) is 3. The van der Waals surface area contributed by atoms with Crippen LogP contribution >= 0.6 is 0 Å². The van der Waals surface area contributed by atoms with Crippen molar-refractivity contribution in [1.29, 1.82) is 0 Å². The summed E-state index contributed by atoms with van der Waals surface area (Å²) in [5.74, 6) is -1.46. The number of carbonyl (C=O) groups excluding carboxylic acids is 1. The molecule has 2 rings (SSSR count). The fraction of sp³-hybridized carbons (Fsp3) is 0.235. The van der Waals surface area contributed by atoms with Crippen LogP contribution in [0, 0.1) is 5.82 Å². The molecule has 2 aromatic carbocycles. The van der Waals surface area contributed by atoms with Gasteiger partial charge in [-0.1, -0.05) is 30.3 Å². The van der Waals surface area contributed by atoms with Crippen LogP contribution in [0.5, 0.6) is 5.75 Å². The van der Waals surface area contributed by atoms with Crippen molar-refractivity contribution in [1.82, 2.24) is 5.32 Å². The molecule has 0 radical (unpaired) electrons. The van der Waals surface area contributed by atoms with E-state index in [0.717, 1.165) is 23.8 Å². The maximum atomic E-state index is 13.1. The minimum Gasteiger partial charge on any atom is -0.507 e. The third-order valence-electron chi connectivity index (χ3n) is 3.34. The molecule has 4 nitrogen and oxygen atoms in total. The van der Waals surface area contributed by atoms with Gasteiger partial charge in [0.1, 0.15) is 11.6 Å². The number of aliphatic hydroxyl groups excluding tert-OH is 1. The fourth-order valence-corrected chi connectivity index (χ4v) is 2.20. The summed E-state index contributed by atoms with van der Waals surface area (Å²) in [4.78, 5) is 12.0. The normalized spacial score (nSPS) is 13.4. The standard InChI is InChI=1S/C17H18FNO3/c1-11(9-16(21)12-5-3-2-4-6-12)19-17(22)14-10-13(18)7-8-15(14)20/h2-8,10-11,16,20-21H,9H2,1H3,(H,19,22). The number of amides is 1. The molecule has 2 atom stereocenters. The highest BCUT2D eigenvalue weighted by molar-refractivity contribution is 5.96. The van der Waals surface area contributed by atoms with E-state index in [0.29, 0.717) is 6.42 Å². The zero-order chi connectivity index (χ0) is 16.1. The lowest BCUT2D eigenvalue weighted by Crippen LogP contribution is -2.33. The molecule has 0 spiro atoms. The molecule has 3 N–H and O–H groups in total. The summed E-state index contributed by atoms with van der Waals surface area (Å²) in [7, 11) is 0. The molecular weight excluding hydrogens is 285 g/mol. The number of hydrogen-bond acceptors (Lipinski definition) is 3. The SMILES string of the molecule is CC(CC(O)c1ccccc1)NC(=O)c1cc(F)ccc1O. The Morgan fingerprint density at radius 1 is 1.23 bits per heavy atom. The molecule has 0 bridgehead atoms. The molecule has 116 valence electrons. The van der Waals surface area contributed by atoms with Crippen LogP contribution in [0.3, 0.4) is 0 Å². The minimum atomic E-state index is -0.711. The van der Waals surface area contributed by atoms with Gasteiger partial charge in [-0.2, -0.15) is 0 Å². The van der Waals surface area contributed by atoms with Crippen molar-refractivity contribution >= 4 is 5.91 Å². The summed E-state index contributed by atoms with van der Waals surface area (Å²) in [6.07, 6.45) is -0.399. The monoisotopic (exact) mass is 303 g/mol. The lowest BCUT2D eigenvalue weighted by atomic mass is 10.0. The maximum absolute atomic E-state index is 13.1. The van der Waals surface area contributed by atoms with Crippen molar-refractivity contribution in [2.45, 2.75) is 25.5 Å². The maximum Gasteiger partial charge on any atom is 0.255 e. The lowest BCUT2D eigenvalue weighted by molar-refractivity contribution is 0.0914. The van der Waals surface area contributed by atoms with Gasteiger partial charge in [0, 0.05) is 6.04 Å². The van der Waals surface area contributed by atoms with E-state index in [-0.39, 0.29) is 17.4 Å². The van der Waals surface area contributed by atoms with E-state index in [9.17, 15) is 19.4 Å². The Morgan fingerprint density at radius 2 is 1.91 bits per heavy atom. The minimum absolute atomic E-state index is 0.124. The number of aliphatic hydroxyl groups is 1. The Bertz CT molecular complexity index is 646. The summed E-state index contributed by atoms with van der Waals surface area (Å²) < 4.78 is 13.1. The number of benzene rings is 2. The van der Waals surface area contributed by atoms with Gasteiger partial charge < -0.3 is 15.5 Å². The summed E-state index contributed by atoms with van der Waals surface area (Å²) in [6, 6.07) is 12.0. The highest BCUT2D eigenvalue weighted by atomic mass is 19.1. The molecule has 0 aliphatic carbocycles. The van der Waals surface area contributed by atoms with Crippen molar-refractivity contribution in [2.75, 3.05) is 0 Å². The van der Waals surface area contributed by atoms with E-state index in [1.807, 2.05) is 18.2 Å². The molecule has 1 amide bonds. The fourth-order valence-electron chi connectivity index (χ4n) is 2.20. The highest BCUT2D eigenvalue weighted by Crippen LogP contribution is 2.20. The second kappa shape index (κ2) is 7.04. The Morgan fingerprint density at radius 3 is 2.59 bits per heavy atom. The molecular formula is C17H18FNO3. The van der Waals surface area contributed by atoms with Gasteiger partial charge >= 0.3 is 0 Å². The van der Waals surface area contributed by atoms with Crippen LogP contribution in [-0.4, -0.2) is 22.2 Å². The predicted octanol–water partition coefficient (Wildman–Crippen LogP) is 2.77. The highest BCUT2D eigenvalue weighted by Gasteiger charge is 2.17. The quantitative estimate of drug-likeness (QED) is 0.795. The van der Waals surface area contributed by atoms with Gasteiger partial charge in [0.2, 0.25) is 0 Å². The molecule has 0 saturated heterocycles. The van der Waals surface area contributed by atoms with E-state index >= 15 is 0 Å². The number of carbonyl (C=O) groups is 1. The van der Waals surface area contributed by atoms with Gasteiger partial charge in [-0.05, 0) is 37.1 Å². The van der Waals surface area contributed by atoms with E-state index < -0.39 is 17.8 Å². The van der Waals surface area contributed by atoms with Crippen LogP contribution < -0.4 is 5.32 Å². The molecule has 0 aromatic heterocycles. The first-order valence-corrected chi connectivity index (χ1v) is 6.99. The average Bonchev–Trinajstić information content (AvgIpc) is 2.50. The van der Waals surface area contributed by atoms with Gasteiger partial charge in [0.15, 0.2) is 0 Å². The topological polar surface area (TPSA) is 69.6 Å². The second-order valence-electron chi connectivity index (χ2n) is 5.20. The zero-order valence-corrected chi connectivity index (χ0v) is 12.2. The predicted molar refractivity (Wildman–Crippen MR) is 81.0 cm³/mol. The van der Waals surface area contributed by atoms with E-state index in [1.54, 1.807) is 19.1 Å². The first kappa shape index (κ1) is 16.0. The average molecular weight is 303 g/mol. The Labute approximate surface area is 128 Å². The van der Waals surface area contributed by atoms with Gasteiger partial charge in [0.25, 0.3) is 5.91 Å². The first-order valence-electron chi connectivity index (χ1n) is 6.99. The van der Waals surface area contributed by atoms with Crippen molar-refractivity contribution in [3.05, 3.63) is 65.5 Å². The van der Waals surface area contributed by atoms with Crippen molar-refractivity contribution in [2.24, 2.45) is 0 Å². The third kappa shape index (κ3) is 4.05. The number of nitrogens with one attached hydrogen (secondary N) is 1. The van der Waals surface area contributed by atoms with Crippen LogP contribution in [0.2, 0.25) is 0 Å². The van der Waals surface area contributed by atoms with Gasteiger partial charge in [-0.15, -0.1) is 0 Å². The molecule has 0 fully saturated rings. The molecule has 0 heterocycles. The van der Waals surface area contributed by atoms with Gasteiger partial charge in [0.05, 0.1) is 11.7 Å². The first-order chi connectivity index (χ1) is 10.5. The molecule has 0 aliphatic heterocycles. The molecule has 2 unspecified atom stereocenters. The van der Waals surface area contributed by atoms with E-state index in [4.69, 9.17) is 0 Å². The van der Waals surface area contributed by atoms with Crippen LogP contribution in [0.4, 0.5) is 4.39 Å². The largest absolute Gasteiger partial charge is 0.507 e. The Kier molecular flexibility index (Phi) is 5.12. The van der Waals surface area contributed by atoms with Crippen molar-refractivity contribution in [3.8, 4) is 5.75 Å². The number of rotatable bonds is 5. The molecule has 0 aliphatic rings. The van der Waals surface area contributed by atoms with E-state index in [2.05, 4.69) is 5.32 Å². The van der Waals surface area contributed by atoms with Crippen LogP contribution in [0.25, 0.3) is 0 Å². The van der Waals surface area contributed by atoms with Crippen LogP contribution in [0.1, 0.15) is 35.4 Å². The third-order valence-corrected chi connectivity index (χ3v) is 3.34. The molecule has 0 saturated carbocycles. The lowest BCUT2D eigenvalue weighted by Gasteiger charge is -2.18. The van der Waals surface area contributed by atoms with Crippen molar-refractivity contribution in [3.63, 3.8) is 0 Å². The number of aromatic hydroxyl groups is 1. The molecule has 2 aromatic rings. The van der Waals surface area contributed by atoms with Crippen LogP contribution in [-0.2, 0) is 0 Å². The molecule has 22 heavy (non-hydrogen) atoms. The van der Waals surface area contributed by atoms with Crippen LogP contribution in [0.15, 0.2) is 48.5 Å². The Balaban J connectivity index is 1.98. The summed E-state index contributed by atoms with van der Waals surface area (Å²) >= 11 is 0. The van der Waals surface area contributed by atoms with Crippen molar-refractivity contribution < 1.29 is 19.4 Å². The second-order valence-corrected chi connectivity index (χ2v) is 5.20. The summed E-state index contributed by atoms with van der Waals surface area (Å²) in [5.41, 5.74) is 0.637. The smallest absolute Gasteiger partial charge is 0.255 e. The number of phenolic OH excluding ortho intramolecular Hbond substituents is 1. The van der Waals surface area contributed by atoms with Gasteiger partial charge in [-0.3, -0.25) is 4.79 Å². The van der Waals surface area contributed by atoms with Gasteiger partial charge in [-0.25, -0.2) is 4.39 Å².